The summed E-state index contributed by atoms with van der Waals surface area (Å²) in [6.45, 7) is 9.15. The molecule has 19 heavy (non-hydrogen) atoms. The molecule has 0 aromatic carbocycles. The van der Waals surface area contributed by atoms with E-state index in [4.69, 9.17) is 5.11 Å². The molecule has 3 unspecified atom stereocenters. The lowest BCUT2D eigenvalue weighted by Gasteiger charge is -2.38. The van der Waals surface area contributed by atoms with Gasteiger partial charge in [-0.15, -0.1) is 0 Å². The van der Waals surface area contributed by atoms with E-state index in [0.29, 0.717) is 17.8 Å². The second kappa shape index (κ2) is 7.28. The lowest BCUT2D eigenvalue weighted by atomic mass is 9.67. The van der Waals surface area contributed by atoms with Crippen molar-refractivity contribution in [1.82, 2.24) is 5.32 Å². The van der Waals surface area contributed by atoms with Gasteiger partial charge in [0.25, 0.3) is 0 Å². The Hall–Kier alpha value is -0.570. The third kappa shape index (κ3) is 6.42. The highest BCUT2D eigenvalue weighted by atomic mass is 16.2. The Kier molecular flexibility index (Phi) is 6.31. The molecule has 1 amide bonds. The fourth-order valence-corrected chi connectivity index (χ4v) is 3.76. The van der Waals surface area contributed by atoms with E-state index in [1.807, 2.05) is 6.92 Å². The number of amides is 1. The minimum Gasteiger partial charge on any atom is -0.396 e. The van der Waals surface area contributed by atoms with E-state index in [0.717, 1.165) is 25.2 Å². The summed E-state index contributed by atoms with van der Waals surface area (Å²) in [4.78, 5) is 12.0. The van der Waals surface area contributed by atoms with Gasteiger partial charge in [-0.25, -0.2) is 0 Å². The highest BCUT2D eigenvalue weighted by Gasteiger charge is 2.32. The van der Waals surface area contributed by atoms with E-state index in [2.05, 4.69) is 26.1 Å². The van der Waals surface area contributed by atoms with Gasteiger partial charge in [-0.2, -0.15) is 0 Å². The van der Waals surface area contributed by atoms with Crippen LogP contribution in [-0.2, 0) is 4.79 Å². The van der Waals surface area contributed by atoms with E-state index in [-0.39, 0.29) is 18.6 Å². The van der Waals surface area contributed by atoms with Gasteiger partial charge in [-0.3, -0.25) is 4.79 Å². The van der Waals surface area contributed by atoms with Crippen LogP contribution < -0.4 is 5.32 Å². The van der Waals surface area contributed by atoms with Gasteiger partial charge in [-0.1, -0.05) is 20.8 Å². The first kappa shape index (κ1) is 16.5. The number of carbonyl (C=O) groups excluding carboxylic acids is 1. The van der Waals surface area contributed by atoms with Crippen LogP contribution in [0.2, 0.25) is 0 Å². The van der Waals surface area contributed by atoms with E-state index in [1.54, 1.807) is 0 Å². The Balaban J connectivity index is 2.35. The van der Waals surface area contributed by atoms with Crippen LogP contribution in [0.25, 0.3) is 0 Å². The molecule has 0 aromatic rings. The zero-order valence-electron chi connectivity index (χ0n) is 13.0. The summed E-state index contributed by atoms with van der Waals surface area (Å²) < 4.78 is 0. The zero-order valence-corrected chi connectivity index (χ0v) is 13.0. The molecule has 0 spiro atoms. The third-order valence-electron chi connectivity index (χ3n) is 4.15. The first-order valence-electron chi connectivity index (χ1n) is 7.72. The SMILES string of the molecule is CC1CC(CC(=O)NC(C)CCCO)CC(C)(C)C1. The maximum Gasteiger partial charge on any atom is 0.220 e. The number of aliphatic hydroxyl groups excluding tert-OH is 1. The molecule has 1 saturated carbocycles. The van der Waals surface area contributed by atoms with E-state index < -0.39 is 0 Å². The molecule has 0 heterocycles. The Morgan fingerprint density at radius 3 is 2.68 bits per heavy atom. The van der Waals surface area contributed by atoms with Crippen molar-refractivity contribution in [3.63, 3.8) is 0 Å². The van der Waals surface area contributed by atoms with E-state index >= 15 is 0 Å². The van der Waals surface area contributed by atoms with Crippen LogP contribution in [0, 0.1) is 17.3 Å². The molecule has 0 bridgehead atoms. The Labute approximate surface area is 118 Å². The molecule has 2 N–H and O–H groups in total. The molecule has 3 heteroatoms. The number of carbonyl (C=O) groups is 1. The van der Waals surface area contributed by atoms with Crippen molar-refractivity contribution < 1.29 is 9.90 Å². The monoisotopic (exact) mass is 269 g/mol. The largest absolute Gasteiger partial charge is 0.396 e. The summed E-state index contributed by atoms with van der Waals surface area (Å²) in [7, 11) is 0. The normalized spacial score (nSPS) is 27.8. The predicted octanol–water partition coefficient (Wildman–Crippen LogP) is 3.12. The van der Waals surface area contributed by atoms with Crippen molar-refractivity contribution in [2.24, 2.45) is 17.3 Å². The van der Waals surface area contributed by atoms with Crippen LogP contribution in [-0.4, -0.2) is 23.7 Å². The molecule has 0 aliphatic heterocycles. The molecule has 3 atom stereocenters. The van der Waals surface area contributed by atoms with Gasteiger partial charge < -0.3 is 10.4 Å². The van der Waals surface area contributed by atoms with Crippen LogP contribution in [0.4, 0.5) is 0 Å². The molecular formula is C16H31NO2. The Morgan fingerprint density at radius 2 is 2.11 bits per heavy atom. The van der Waals surface area contributed by atoms with E-state index in [1.165, 1.54) is 12.8 Å². The minimum absolute atomic E-state index is 0.175. The van der Waals surface area contributed by atoms with Crippen molar-refractivity contribution in [1.29, 1.82) is 0 Å². The summed E-state index contributed by atoms with van der Waals surface area (Å²) >= 11 is 0. The van der Waals surface area contributed by atoms with Crippen molar-refractivity contribution in [2.45, 2.75) is 72.3 Å². The van der Waals surface area contributed by atoms with Crippen LogP contribution in [0.5, 0.6) is 0 Å². The summed E-state index contributed by atoms with van der Waals surface area (Å²) in [6.07, 6.45) is 5.90. The van der Waals surface area contributed by atoms with Gasteiger partial charge in [-0.05, 0) is 56.3 Å². The third-order valence-corrected chi connectivity index (χ3v) is 4.15. The maximum atomic E-state index is 12.0. The number of hydrogen-bond acceptors (Lipinski definition) is 2. The molecule has 0 aromatic heterocycles. The van der Waals surface area contributed by atoms with Crippen molar-refractivity contribution in [2.75, 3.05) is 6.61 Å². The van der Waals surface area contributed by atoms with Crippen molar-refractivity contribution >= 4 is 5.91 Å². The van der Waals surface area contributed by atoms with Crippen LogP contribution in [0.1, 0.15) is 66.2 Å². The smallest absolute Gasteiger partial charge is 0.220 e. The molecule has 1 aliphatic carbocycles. The number of aliphatic hydroxyl groups is 1. The molecule has 0 radical (unpaired) electrons. The summed E-state index contributed by atoms with van der Waals surface area (Å²) in [5, 5.41) is 11.8. The van der Waals surface area contributed by atoms with Crippen molar-refractivity contribution in [3.05, 3.63) is 0 Å². The fourth-order valence-electron chi connectivity index (χ4n) is 3.76. The molecule has 1 aliphatic rings. The number of rotatable bonds is 6. The maximum absolute atomic E-state index is 12.0. The Morgan fingerprint density at radius 1 is 1.42 bits per heavy atom. The van der Waals surface area contributed by atoms with Crippen molar-refractivity contribution in [3.8, 4) is 0 Å². The molecule has 112 valence electrons. The molecule has 0 saturated heterocycles. The first-order valence-corrected chi connectivity index (χ1v) is 7.72. The second-order valence-electron chi connectivity index (χ2n) is 7.32. The van der Waals surface area contributed by atoms with Gasteiger partial charge in [0, 0.05) is 19.1 Å². The Bertz CT molecular complexity index is 288. The molecule has 1 rings (SSSR count). The van der Waals surface area contributed by atoms with Gasteiger partial charge in [0.1, 0.15) is 0 Å². The predicted molar refractivity (Wildman–Crippen MR) is 78.8 cm³/mol. The number of nitrogens with one attached hydrogen (secondary N) is 1. The highest BCUT2D eigenvalue weighted by molar-refractivity contribution is 5.76. The molecular weight excluding hydrogens is 238 g/mol. The quantitative estimate of drug-likeness (QED) is 0.778. The average molecular weight is 269 g/mol. The molecule has 3 nitrogen and oxygen atoms in total. The van der Waals surface area contributed by atoms with E-state index in [9.17, 15) is 4.79 Å². The average Bonchev–Trinajstić information content (AvgIpc) is 2.22. The zero-order chi connectivity index (χ0) is 14.5. The summed E-state index contributed by atoms with van der Waals surface area (Å²) in [6, 6.07) is 0.175. The lowest BCUT2D eigenvalue weighted by molar-refractivity contribution is -0.123. The highest BCUT2D eigenvalue weighted by Crippen LogP contribution is 2.42. The van der Waals surface area contributed by atoms with Gasteiger partial charge >= 0.3 is 0 Å². The van der Waals surface area contributed by atoms with Gasteiger partial charge in [0.05, 0.1) is 0 Å². The molecule has 1 fully saturated rings. The topological polar surface area (TPSA) is 49.3 Å². The number of hydrogen-bond donors (Lipinski definition) is 2. The fraction of sp³-hybridized carbons (Fsp3) is 0.938. The van der Waals surface area contributed by atoms with Crippen LogP contribution in [0.15, 0.2) is 0 Å². The summed E-state index contributed by atoms with van der Waals surface area (Å²) in [5.74, 6) is 1.44. The standard InChI is InChI=1S/C16H31NO2/c1-12-8-14(11-16(3,4)10-12)9-15(19)17-13(2)6-5-7-18/h12-14,18H,5-11H2,1-4H3,(H,17,19). The summed E-state index contributed by atoms with van der Waals surface area (Å²) in [5.41, 5.74) is 0.380. The van der Waals surface area contributed by atoms with Gasteiger partial charge in [0.15, 0.2) is 0 Å². The lowest BCUT2D eigenvalue weighted by Crippen LogP contribution is -2.36. The van der Waals surface area contributed by atoms with Crippen LogP contribution in [0.3, 0.4) is 0 Å². The second-order valence-corrected chi connectivity index (χ2v) is 7.32. The van der Waals surface area contributed by atoms with Crippen LogP contribution >= 0.6 is 0 Å². The first-order chi connectivity index (χ1) is 8.82. The van der Waals surface area contributed by atoms with Gasteiger partial charge in [0.2, 0.25) is 5.91 Å². The minimum atomic E-state index is 0.175.